The van der Waals surface area contributed by atoms with Crippen molar-refractivity contribution in [3.63, 3.8) is 0 Å². The summed E-state index contributed by atoms with van der Waals surface area (Å²) in [5.74, 6) is 0.399. The molecule has 1 unspecified atom stereocenters. The van der Waals surface area contributed by atoms with Crippen molar-refractivity contribution in [2.75, 3.05) is 13.1 Å². The fourth-order valence-corrected chi connectivity index (χ4v) is 2.53. The Hall–Kier alpha value is -0.910. The Morgan fingerprint density at radius 3 is 2.85 bits per heavy atom. The number of aromatic nitrogens is 1. The van der Waals surface area contributed by atoms with Crippen LogP contribution >= 0.6 is 0 Å². The summed E-state index contributed by atoms with van der Waals surface area (Å²) < 4.78 is 41.3. The zero-order valence-corrected chi connectivity index (χ0v) is 13.2. The fourth-order valence-electron chi connectivity index (χ4n) is 2.16. The largest absolute Gasteiger partial charge is 1.00 e. The third-order valence-corrected chi connectivity index (χ3v) is 3.26. The van der Waals surface area contributed by atoms with Crippen molar-refractivity contribution in [3.05, 3.63) is 24.4 Å². The first-order valence-corrected chi connectivity index (χ1v) is 6.61. The van der Waals surface area contributed by atoms with Crippen molar-refractivity contribution in [1.82, 2.24) is 14.9 Å². The van der Waals surface area contributed by atoms with Crippen LogP contribution in [0.2, 0.25) is 0 Å². The van der Waals surface area contributed by atoms with E-state index in [-0.39, 0.29) is 42.6 Å². The maximum absolute atomic E-state index is 11.8. The molecule has 102 valence electrons. The van der Waals surface area contributed by atoms with Crippen LogP contribution in [0.5, 0.6) is 0 Å². The van der Waals surface area contributed by atoms with Crippen LogP contribution in [-0.2, 0) is 14.7 Å². The van der Waals surface area contributed by atoms with E-state index >= 15 is 0 Å². The van der Waals surface area contributed by atoms with Crippen molar-refractivity contribution in [1.29, 1.82) is 0 Å². The summed E-state index contributed by atoms with van der Waals surface area (Å²) in [4.78, 5) is 16.9. The Kier molecular flexibility index (Phi) is 4.23. The van der Waals surface area contributed by atoms with Crippen molar-refractivity contribution < 1.29 is 56.0 Å². The molecule has 0 aromatic carbocycles. The van der Waals surface area contributed by atoms with Crippen molar-refractivity contribution in [2.45, 2.75) is 6.04 Å². The number of fused-ring (bicyclic) bond motifs is 2. The number of rotatable bonds is 3. The zero-order chi connectivity index (χ0) is 13.6. The van der Waals surface area contributed by atoms with E-state index in [9.17, 15) is 17.8 Å². The molecule has 0 aliphatic carbocycles. The number of nitrogens with zero attached hydrogens (tertiary/aromatic N) is 3. The summed E-state index contributed by atoms with van der Waals surface area (Å²) in [6.07, 6.45) is 4.36. The van der Waals surface area contributed by atoms with Crippen LogP contribution in [0.3, 0.4) is 0 Å². The van der Waals surface area contributed by atoms with E-state index in [1.165, 1.54) is 17.5 Å². The van der Waals surface area contributed by atoms with Gasteiger partial charge in [0.1, 0.15) is 6.04 Å². The van der Waals surface area contributed by atoms with E-state index in [2.05, 4.69) is 9.27 Å². The van der Waals surface area contributed by atoms with Gasteiger partial charge < -0.3 is 13.9 Å². The monoisotopic (exact) mass is 309 g/mol. The molecule has 1 atom stereocenters. The number of hydroxylamine groups is 2. The molecule has 1 fully saturated rings. The standard InChI is InChI=1S/C9H9N3O6S.Na/c13-9-11-2-1-6(8-3-10-5-17-8)7(4-11)12(9)18-19(14,15)16;/h1,3,5,7H,2,4H2,(H,14,15,16);/q;+1/p-1. The summed E-state index contributed by atoms with van der Waals surface area (Å²) in [5, 5.41) is 0.559. The Balaban J connectivity index is 0.00000147. The molecule has 2 bridgehead atoms. The van der Waals surface area contributed by atoms with Crippen LogP contribution in [0.15, 0.2) is 23.1 Å². The molecule has 0 radical (unpaired) electrons. The van der Waals surface area contributed by atoms with Crippen LogP contribution in [0, 0.1) is 0 Å². The minimum Gasteiger partial charge on any atom is -0.724 e. The molecule has 2 aliphatic rings. The van der Waals surface area contributed by atoms with Crippen molar-refractivity contribution in [2.24, 2.45) is 0 Å². The predicted molar refractivity (Wildman–Crippen MR) is 57.9 cm³/mol. The Morgan fingerprint density at radius 2 is 2.25 bits per heavy atom. The zero-order valence-electron chi connectivity index (χ0n) is 10.4. The van der Waals surface area contributed by atoms with Gasteiger partial charge in [-0.05, 0) is 0 Å². The van der Waals surface area contributed by atoms with E-state index in [1.807, 2.05) is 0 Å². The van der Waals surface area contributed by atoms with E-state index in [1.54, 1.807) is 6.08 Å². The van der Waals surface area contributed by atoms with Gasteiger partial charge in [0.15, 0.2) is 12.2 Å². The Labute approximate surface area is 136 Å². The first-order valence-electron chi connectivity index (χ1n) is 5.28. The summed E-state index contributed by atoms with van der Waals surface area (Å²) in [6, 6.07) is -1.38. The molecule has 9 nitrogen and oxygen atoms in total. The average molecular weight is 309 g/mol. The summed E-state index contributed by atoms with van der Waals surface area (Å²) in [5.41, 5.74) is 0.559. The Bertz CT molecular complexity index is 643. The molecule has 3 rings (SSSR count). The smallest absolute Gasteiger partial charge is 0.724 e. The first-order chi connectivity index (χ1) is 8.96. The molecule has 0 spiro atoms. The number of hydrogen-bond acceptors (Lipinski definition) is 7. The van der Waals surface area contributed by atoms with Crippen LogP contribution in [-0.4, -0.2) is 53.1 Å². The second kappa shape index (κ2) is 5.47. The molecule has 1 aromatic heterocycles. The maximum Gasteiger partial charge on any atom is 1.00 e. The van der Waals surface area contributed by atoms with E-state index in [0.29, 0.717) is 16.4 Å². The first kappa shape index (κ1) is 15.5. The van der Waals surface area contributed by atoms with Gasteiger partial charge in [0.25, 0.3) is 0 Å². The normalized spacial score (nSPS) is 21.8. The van der Waals surface area contributed by atoms with E-state index in [4.69, 9.17) is 4.42 Å². The third kappa shape index (κ3) is 2.75. The second-order valence-corrected chi connectivity index (χ2v) is 5.00. The van der Waals surface area contributed by atoms with Gasteiger partial charge >= 0.3 is 35.6 Å². The number of carbonyl (C=O) groups excluding carboxylic acids is 1. The number of oxazole rings is 1. The number of hydrogen-bond donors (Lipinski definition) is 0. The van der Waals surface area contributed by atoms with Gasteiger partial charge in [0, 0.05) is 12.1 Å². The molecular weight excluding hydrogens is 301 g/mol. The van der Waals surface area contributed by atoms with Crippen LogP contribution in [0.1, 0.15) is 5.76 Å². The van der Waals surface area contributed by atoms with Crippen LogP contribution in [0.25, 0.3) is 5.57 Å². The number of carbonyl (C=O) groups is 1. The average Bonchev–Trinajstić information content (AvgIpc) is 2.93. The summed E-state index contributed by atoms with van der Waals surface area (Å²) in [7, 11) is -5.02. The molecule has 1 saturated heterocycles. The number of urea groups is 1. The van der Waals surface area contributed by atoms with Gasteiger partial charge in [-0.1, -0.05) is 6.08 Å². The molecule has 11 heteroatoms. The molecule has 0 N–H and O–H groups in total. The molecule has 3 heterocycles. The minimum absolute atomic E-state index is 0. The molecule has 0 saturated carbocycles. The topological polar surface area (TPSA) is 116 Å². The van der Waals surface area contributed by atoms with E-state index < -0.39 is 22.5 Å². The molecule has 2 amide bonds. The van der Waals surface area contributed by atoms with Gasteiger partial charge in [0.2, 0.25) is 10.4 Å². The summed E-state index contributed by atoms with van der Waals surface area (Å²) >= 11 is 0. The van der Waals surface area contributed by atoms with Crippen molar-refractivity contribution >= 4 is 22.0 Å². The second-order valence-electron chi connectivity index (χ2n) is 4.04. The molecule has 20 heavy (non-hydrogen) atoms. The predicted octanol–water partition coefficient (Wildman–Crippen LogP) is -3.43. The quantitative estimate of drug-likeness (QED) is 0.324. The maximum atomic E-state index is 11.8. The number of amides is 2. The molecule has 1 aromatic rings. The third-order valence-electron chi connectivity index (χ3n) is 2.91. The van der Waals surface area contributed by atoms with Gasteiger partial charge in [-0.3, -0.25) is 0 Å². The van der Waals surface area contributed by atoms with Gasteiger partial charge in [0.05, 0.1) is 12.7 Å². The van der Waals surface area contributed by atoms with Crippen LogP contribution in [0.4, 0.5) is 4.79 Å². The van der Waals surface area contributed by atoms with Gasteiger partial charge in [-0.15, -0.1) is 0 Å². The fraction of sp³-hybridized carbons (Fsp3) is 0.333. The van der Waals surface area contributed by atoms with E-state index in [0.717, 1.165) is 0 Å². The SMILES string of the molecule is O=C1N2CC=C(c3cnco3)C(C2)N1OS(=O)(=O)[O-].[Na+]. The Morgan fingerprint density at radius 1 is 1.50 bits per heavy atom. The molecule has 2 aliphatic heterocycles. The van der Waals surface area contributed by atoms with Crippen LogP contribution < -0.4 is 29.6 Å². The van der Waals surface area contributed by atoms with Crippen molar-refractivity contribution in [3.8, 4) is 0 Å². The minimum atomic E-state index is -5.02. The van der Waals surface area contributed by atoms with Gasteiger partial charge in [-0.2, -0.15) is 9.35 Å². The molecular formula is C9H8N3NaO6S. The van der Waals surface area contributed by atoms with Gasteiger partial charge in [-0.25, -0.2) is 18.2 Å². The summed E-state index contributed by atoms with van der Waals surface area (Å²) in [6.45, 7) is 0.505.